The second-order valence-corrected chi connectivity index (χ2v) is 4.22. The zero-order valence-corrected chi connectivity index (χ0v) is 10.4. The molecule has 0 bridgehead atoms. The van der Waals surface area contributed by atoms with Crippen LogP contribution < -0.4 is 10.1 Å². The Hall–Kier alpha value is -1.58. The number of carbonyl (C=O) groups is 1. The summed E-state index contributed by atoms with van der Waals surface area (Å²) in [7, 11) is 0. The van der Waals surface area contributed by atoms with E-state index >= 15 is 0 Å². The van der Waals surface area contributed by atoms with Crippen LogP contribution in [0.15, 0.2) is 18.2 Å². The summed E-state index contributed by atoms with van der Waals surface area (Å²) in [6.45, 7) is 6.17. The van der Waals surface area contributed by atoms with Crippen LogP contribution in [0.25, 0.3) is 0 Å². The molecule has 0 heterocycles. The van der Waals surface area contributed by atoms with Gasteiger partial charge in [0.1, 0.15) is 11.6 Å². The third kappa shape index (κ3) is 4.43. The molecular formula is C13H18FNO2. The molecule has 0 saturated heterocycles. The molecular weight excluding hydrogens is 221 g/mol. The molecule has 1 aromatic carbocycles. The van der Waals surface area contributed by atoms with E-state index in [1.165, 1.54) is 18.2 Å². The molecule has 1 aromatic rings. The van der Waals surface area contributed by atoms with E-state index in [2.05, 4.69) is 5.32 Å². The van der Waals surface area contributed by atoms with Crippen molar-refractivity contribution in [2.45, 2.75) is 27.2 Å². The Bertz CT molecular complexity index is 391. The molecule has 1 rings (SSSR count). The molecule has 0 spiro atoms. The summed E-state index contributed by atoms with van der Waals surface area (Å²) in [5.41, 5.74) is 0.513. The van der Waals surface area contributed by atoms with Crippen molar-refractivity contribution in [1.82, 2.24) is 0 Å². The van der Waals surface area contributed by atoms with E-state index in [1.807, 2.05) is 20.8 Å². The van der Waals surface area contributed by atoms with Crippen molar-refractivity contribution in [1.29, 1.82) is 0 Å². The summed E-state index contributed by atoms with van der Waals surface area (Å²) in [4.78, 5) is 11.6. The van der Waals surface area contributed by atoms with Gasteiger partial charge in [0, 0.05) is 12.5 Å². The number of rotatable bonds is 5. The van der Waals surface area contributed by atoms with Gasteiger partial charge in [-0.1, -0.05) is 13.8 Å². The van der Waals surface area contributed by atoms with Gasteiger partial charge in [-0.05, 0) is 25.0 Å². The van der Waals surface area contributed by atoms with E-state index in [1.54, 1.807) is 0 Å². The van der Waals surface area contributed by atoms with Crippen molar-refractivity contribution < 1.29 is 13.9 Å². The maximum Gasteiger partial charge on any atom is 0.224 e. The van der Waals surface area contributed by atoms with Gasteiger partial charge in [-0.25, -0.2) is 4.39 Å². The second kappa shape index (κ2) is 6.23. The summed E-state index contributed by atoms with van der Waals surface area (Å²) in [6.07, 6.45) is 0.433. The predicted octanol–water partition coefficient (Wildman–Crippen LogP) is 3.21. The fourth-order valence-electron chi connectivity index (χ4n) is 1.45. The minimum absolute atomic E-state index is 0.0902. The van der Waals surface area contributed by atoms with Crippen LogP contribution in [0.2, 0.25) is 0 Å². The van der Waals surface area contributed by atoms with Gasteiger partial charge in [-0.2, -0.15) is 0 Å². The lowest BCUT2D eigenvalue weighted by Crippen LogP contribution is -2.14. The fraction of sp³-hybridized carbons (Fsp3) is 0.462. The summed E-state index contributed by atoms with van der Waals surface area (Å²) >= 11 is 0. The molecule has 0 atom stereocenters. The van der Waals surface area contributed by atoms with Gasteiger partial charge < -0.3 is 10.1 Å². The van der Waals surface area contributed by atoms with E-state index in [9.17, 15) is 9.18 Å². The first-order valence-corrected chi connectivity index (χ1v) is 5.75. The monoisotopic (exact) mass is 239 g/mol. The van der Waals surface area contributed by atoms with Gasteiger partial charge in [0.05, 0.1) is 12.3 Å². The fourth-order valence-corrected chi connectivity index (χ4v) is 1.45. The van der Waals surface area contributed by atoms with Crippen LogP contribution in [0.3, 0.4) is 0 Å². The third-order valence-electron chi connectivity index (χ3n) is 2.11. The summed E-state index contributed by atoms with van der Waals surface area (Å²) in [5.74, 6) is 0.179. The van der Waals surface area contributed by atoms with Crippen LogP contribution in [-0.2, 0) is 4.79 Å². The standard InChI is InChI=1S/C13H18FNO2/c1-4-17-12-8-10(14)5-6-11(12)15-13(16)7-9(2)3/h5-6,8-9H,4,7H2,1-3H3,(H,15,16). The molecule has 94 valence electrons. The SMILES string of the molecule is CCOc1cc(F)ccc1NC(=O)CC(C)C. The van der Waals surface area contributed by atoms with Gasteiger partial charge >= 0.3 is 0 Å². The van der Waals surface area contributed by atoms with Crippen LogP contribution in [0.5, 0.6) is 5.75 Å². The molecule has 1 N–H and O–H groups in total. The number of hydrogen-bond acceptors (Lipinski definition) is 2. The molecule has 0 unspecified atom stereocenters. The zero-order valence-electron chi connectivity index (χ0n) is 10.4. The molecule has 0 aliphatic carbocycles. The van der Waals surface area contributed by atoms with Crippen molar-refractivity contribution >= 4 is 11.6 Å². The molecule has 0 fully saturated rings. The highest BCUT2D eigenvalue weighted by Gasteiger charge is 2.10. The first kappa shape index (κ1) is 13.5. The Morgan fingerprint density at radius 1 is 1.47 bits per heavy atom. The van der Waals surface area contributed by atoms with Crippen LogP contribution in [0.4, 0.5) is 10.1 Å². The van der Waals surface area contributed by atoms with Crippen molar-refractivity contribution in [3.63, 3.8) is 0 Å². The average molecular weight is 239 g/mol. The van der Waals surface area contributed by atoms with E-state index in [0.29, 0.717) is 24.5 Å². The first-order chi connectivity index (χ1) is 8.02. The minimum Gasteiger partial charge on any atom is -0.492 e. The Balaban J connectivity index is 2.79. The number of amides is 1. The maximum absolute atomic E-state index is 13.0. The van der Waals surface area contributed by atoms with E-state index in [0.717, 1.165) is 0 Å². The van der Waals surface area contributed by atoms with Crippen molar-refractivity contribution in [3.8, 4) is 5.75 Å². The van der Waals surface area contributed by atoms with Crippen LogP contribution in [-0.4, -0.2) is 12.5 Å². The van der Waals surface area contributed by atoms with Crippen LogP contribution >= 0.6 is 0 Å². The second-order valence-electron chi connectivity index (χ2n) is 4.22. The van der Waals surface area contributed by atoms with Crippen LogP contribution in [0, 0.1) is 11.7 Å². The Kier molecular flexibility index (Phi) is 4.94. The van der Waals surface area contributed by atoms with E-state index in [4.69, 9.17) is 4.74 Å². The number of hydrogen-bond donors (Lipinski definition) is 1. The number of ether oxygens (including phenoxy) is 1. The minimum atomic E-state index is -0.379. The molecule has 17 heavy (non-hydrogen) atoms. The zero-order chi connectivity index (χ0) is 12.8. The van der Waals surface area contributed by atoms with Crippen molar-refractivity contribution in [2.24, 2.45) is 5.92 Å². The Labute approximate surface area is 101 Å². The third-order valence-corrected chi connectivity index (χ3v) is 2.11. The lowest BCUT2D eigenvalue weighted by atomic mass is 10.1. The molecule has 0 aromatic heterocycles. The lowest BCUT2D eigenvalue weighted by molar-refractivity contribution is -0.116. The first-order valence-electron chi connectivity index (χ1n) is 5.75. The van der Waals surface area contributed by atoms with E-state index < -0.39 is 0 Å². The molecule has 4 heteroatoms. The van der Waals surface area contributed by atoms with Gasteiger partial charge in [-0.15, -0.1) is 0 Å². The number of halogens is 1. The molecule has 0 saturated carbocycles. The highest BCUT2D eigenvalue weighted by atomic mass is 19.1. The Morgan fingerprint density at radius 3 is 2.76 bits per heavy atom. The van der Waals surface area contributed by atoms with Crippen molar-refractivity contribution in [3.05, 3.63) is 24.0 Å². The average Bonchev–Trinajstić information content (AvgIpc) is 2.21. The molecule has 0 radical (unpaired) electrons. The topological polar surface area (TPSA) is 38.3 Å². The molecule has 3 nitrogen and oxygen atoms in total. The normalized spacial score (nSPS) is 10.4. The molecule has 1 amide bonds. The van der Waals surface area contributed by atoms with E-state index in [-0.39, 0.29) is 17.6 Å². The van der Waals surface area contributed by atoms with Gasteiger partial charge in [0.2, 0.25) is 5.91 Å². The summed E-state index contributed by atoms with van der Waals surface area (Å²) < 4.78 is 18.3. The summed E-state index contributed by atoms with van der Waals surface area (Å²) in [6, 6.07) is 4.08. The van der Waals surface area contributed by atoms with Crippen molar-refractivity contribution in [2.75, 3.05) is 11.9 Å². The number of anilines is 1. The quantitative estimate of drug-likeness (QED) is 0.856. The van der Waals surface area contributed by atoms with Gasteiger partial charge in [0.25, 0.3) is 0 Å². The Morgan fingerprint density at radius 2 is 2.18 bits per heavy atom. The molecule has 0 aliphatic heterocycles. The smallest absolute Gasteiger partial charge is 0.224 e. The largest absolute Gasteiger partial charge is 0.492 e. The lowest BCUT2D eigenvalue weighted by Gasteiger charge is -2.12. The number of benzene rings is 1. The predicted molar refractivity (Wildman–Crippen MR) is 65.7 cm³/mol. The maximum atomic E-state index is 13.0. The van der Waals surface area contributed by atoms with Crippen LogP contribution in [0.1, 0.15) is 27.2 Å². The molecule has 0 aliphatic rings. The van der Waals surface area contributed by atoms with Gasteiger partial charge in [0.15, 0.2) is 0 Å². The highest BCUT2D eigenvalue weighted by Crippen LogP contribution is 2.25. The highest BCUT2D eigenvalue weighted by molar-refractivity contribution is 5.92. The number of nitrogens with one attached hydrogen (secondary N) is 1. The van der Waals surface area contributed by atoms with Gasteiger partial charge in [-0.3, -0.25) is 4.79 Å². The summed E-state index contributed by atoms with van der Waals surface area (Å²) in [5, 5.41) is 2.72. The number of carbonyl (C=O) groups excluding carboxylic acids is 1.